The first kappa shape index (κ1) is 21.5. The van der Waals surface area contributed by atoms with E-state index in [-0.39, 0.29) is 11.5 Å². The minimum absolute atomic E-state index is 0.0936. The number of rotatable bonds is 5. The summed E-state index contributed by atoms with van der Waals surface area (Å²) in [5.41, 5.74) is 2.63. The van der Waals surface area contributed by atoms with Crippen LogP contribution in [0.1, 0.15) is 24.0 Å². The van der Waals surface area contributed by atoms with Crippen molar-refractivity contribution >= 4 is 16.9 Å². The van der Waals surface area contributed by atoms with Crippen LogP contribution in [-0.2, 0) is 6.18 Å². The van der Waals surface area contributed by atoms with Crippen molar-refractivity contribution in [1.29, 1.82) is 0 Å². The van der Waals surface area contributed by atoms with Crippen LogP contribution in [0.15, 0.2) is 58.6 Å². The molecule has 1 unspecified atom stereocenters. The molecule has 162 valence electrons. The summed E-state index contributed by atoms with van der Waals surface area (Å²) >= 11 is 0.622. The zero-order chi connectivity index (χ0) is 22.2. The smallest absolute Gasteiger partial charge is 0.333 e. The highest BCUT2D eigenvalue weighted by Gasteiger charge is 2.37. The number of halogens is 3. The Balaban J connectivity index is 1.72. The van der Waals surface area contributed by atoms with Gasteiger partial charge in [-0.15, -0.1) is 11.3 Å². The van der Waals surface area contributed by atoms with E-state index in [1.165, 1.54) is 6.07 Å². The van der Waals surface area contributed by atoms with Crippen LogP contribution < -0.4 is 0 Å². The maximum atomic E-state index is 13.7. The second-order valence-electron chi connectivity index (χ2n) is 7.83. The molecular formula is C23H22F3N3OS. The molecule has 0 aliphatic heterocycles. The highest BCUT2D eigenvalue weighted by atomic mass is 32.1. The summed E-state index contributed by atoms with van der Waals surface area (Å²) < 4.78 is 46.4. The third-order valence-corrected chi connectivity index (χ3v) is 6.45. The van der Waals surface area contributed by atoms with Crippen molar-refractivity contribution in [1.82, 2.24) is 15.0 Å². The maximum Gasteiger partial charge on any atom is 0.426 e. The number of allylic oxidation sites excluding steroid dienone is 3. The van der Waals surface area contributed by atoms with Gasteiger partial charge in [-0.25, -0.2) is 0 Å². The van der Waals surface area contributed by atoms with E-state index in [4.69, 9.17) is 4.52 Å². The van der Waals surface area contributed by atoms with Crippen LogP contribution in [0, 0.1) is 5.92 Å². The summed E-state index contributed by atoms with van der Waals surface area (Å²) in [5, 5.41) is 4.07. The standard InChI is InChI=1S/C23H22F3N3OS/c1-14-16(13-29(2)3)10-7-11-17(14)21-27-22(30-28-21)19-12-18(15-8-5-4-6-9-15)20(31-19)23(24,25)26/h4-9,11-12,16H,10,13H2,1-3H3. The summed E-state index contributed by atoms with van der Waals surface area (Å²) in [6.07, 6.45) is 0.494. The summed E-state index contributed by atoms with van der Waals surface area (Å²) in [4.78, 5) is 6.19. The third kappa shape index (κ3) is 4.50. The summed E-state index contributed by atoms with van der Waals surface area (Å²) in [5.74, 6) is 0.826. The van der Waals surface area contributed by atoms with Gasteiger partial charge in [0, 0.05) is 17.7 Å². The fourth-order valence-corrected chi connectivity index (χ4v) is 4.72. The van der Waals surface area contributed by atoms with Gasteiger partial charge in [-0.2, -0.15) is 18.2 Å². The average molecular weight is 446 g/mol. The molecule has 0 amide bonds. The first-order valence-electron chi connectivity index (χ1n) is 9.87. The molecule has 0 fully saturated rings. The van der Waals surface area contributed by atoms with Crippen LogP contribution >= 0.6 is 11.3 Å². The van der Waals surface area contributed by atoms with Crippen molar-refractivity contribution in [3.8, 4) is 21.9 Å². The van der Waals surface area contributed by atoms with Crippen LogP contribution in [0.2, 0.25) is 0 Å². The lowest BCUT2D eigenvalue weighted by atomic mass is 9.87. The van der Waals surface area contributed by atoms with Gasteiger partial charge < -0.3 is 9.42 Å². The zero-order valence-electron chi connectivity index (χ0n) is 17.4. The Kier molecular flexibility index (Phi) is 5.85. The van der Waals surface area contributed by atoms with Gasteiger partial charge in [0.15, 0.2) is 0 Å². The zero-order valence-corrected chi connectivity index (χ0v) is 18.2. The molecule has 0 bridgehead atoms. The second-order valence-corrected chi connectivity index (χ2v) is 8.89. The van der Waals surface area contributed by atoms with E-state index in [1.54, 1.807) is 30.3 Å². The van der Waals surface area contributed by atoms with E-state index in [0.29, 0.717) is 33.5 Å². The van der Waals surface area contributed by atoms with Crippen molar-refractivity contribution < 1.29 is 17.7 Å². The molecule has 0 N–H and O–H groups in total. The molecule has 3 aromatic rings. The molecule has 0 spiro atoms. The van der Waals surface area contributed by atoms with Crippen molar-refractivity contribution in [2.45, 2.75) is 19.5 Å². The van der Waals surface area contributed by atoms with E-state index in [1.807, 2.05) is 27.1 Å². The Morgan fingerprint density at radius 2 is 1.94 bits per heavy atom. The average Bonchev–Trinajstić information content (AvgIpc) is 3.37. The molecule has 0 saturated heterocycles. The van der Waals surface area contributed by atoms with Gasteiger partial charge in [-0.1, -0.05) is 53.2 Å². The molecule has 1 aromatic carbocycles. The van der Waals surface area contributed by atoms with Crippen LogP contribution in [-0.4, -0.2) is 35.7 Å². The van der Waals surface area contributed by atoms with E-state index < -0.39 is 11.1 Å². The van der Waals surface area contributed by atoms with E-state index in [2.05, 4.69) is 21.1 Å². The molecule has 0 saturated carbocycles. The lowest BCUT2D eigenvalue weighted by Gasteiger charge is -2.24. The predicted octanol–water partition coefficient (Wildman–Crippen LogP) is 6.40. The Hall–Kier alpha value is -2.71. The molecule has 0 radical (unpaired) electrons. The van der Waals surface area contributed by atoms with Crippen molar-refractivity contribution in [3.63, 3.8) is 0 Å². The number of hydrogen-bond donors (Lipinski definition) is 0. The van der Waals surface area contributed by atoms with E-state index in [9.17, 15) is 13.2 Å². The molecule has 4 rings (SSSR count). The highest BCUT2D eigenvalue weighted by Crippen LogP contribution is 2.45. The molecule has 1 aliphatic rings. The number of hydrogen-bond acceptors (Lipinski definition) is 5. The quantitative estimate of drug-likeness (QED) is 0.456. The number of aromatic nitrogens is 2. The second kappa shape index (κ2) is 8.43. The molecule has 2 heterocycles. The highest BCUT2D eigenvalue weighted by molar-refractivity contribution is 7.16. The van der Waals surface area contributed by atoms with Crippen molar-refractivity contribution in [3.05, 3.63) is 64.8 Å². The Labute approximate surface area is 182 Å². The van der Waals surface area contributed by atoms with Gasteiger partial charge in [-0.3, -0.25) is 0 Å². The third-order valence-electron chi connectivity index (χ3n) is 5.28. The minimum Gasteiger partial charge on any atom is -0.333 e. The number of alkyl halides is 3. The van der Waals surface area contributed by atoms with Gasteiger partial charge in [0.2, 0.25) is 5.82 Å². The largest absolute Gasteiger partial charge is 0.426 e. The van der Waals surface area contributed by atoms with Gasteiger partial charge in [0.1, 0.15) is 4.88 Å². The SMILES string of the molecule is CC1=C(c2noc(-c3cc(-c4ccccc4)c(C(F)(F)F)s3)n2)C=CCC1CN(C)C. The Bertz CT molecular complexity index is 1130. The summed E-state index contributed by atoms with van der Waals surface area (Å²) in [7, 11) is 4.05. The molecule has 31 heavy (non-hydrogen) atoms. The number of benzene rings is 1. The monoisotopic (exact) mass is 445 g/mol. The van der Waals surface area contributed by atoms with Gasteiger partial charge >= 0.3 is 6.18 Å². The molecule has 2 aromatic heterocycles. The van der Waals surface area contributed by atoms with Crippen molar-refractivity contribution in [2.75, 3.05) is 20.6 Å². The molecule has 8 heteroatoms. The van der Waals surface area contributed by atoms with Gasteiger partial charge in [0.05, 0.1) is 4.88 Å². The number of nitrogens with zero attached hydrogens (tertiary/aromatic N) is 3. The summed E-state index contributed by atoms with van der Waals surface area (Å²) in [6.45, 7) is 2.94. The van der Waals surface area contributed by atoms with Gasteiger partial charge in [0.25, 0.3) is 5.89 Å². The molecular weight excluding hydrogens is 423 g/mol. The minimum atomic E-state index is -4.47. The maximum absolute atomic E-state index is 13.7. The van der Waals surface area contributed by atoms with Crippen LogP contribution in [0.3, 0.4) is 0 Å². The lowest BCUT2D eigenvalue weighted by Crippen LogP contribution is -2.23. The first-order chi connectivity index (χ1) is 14.7. The fraction of sp³-hybridized carbons (Fsp3) is 0.304. The predicted molar refractivity (Wildman–Crippen MR) is 116 cm³/mol. The topological polar surface area (TPSA) is 42.2 Å². The molecule has 4 nitrogen and oxygen atoms in total. The van der Waals surface area contributed by atoms with E-state index in [0.717, 1.165) is 24.1 Å². The normalized spacial score (nSPS) is 17.1. The van der Waals surface area contributed by atoms with Gasteiger partial charge in [-0.05, 0) is 45.0 Å². The lowest BCUT2D eigenvalue weighted by molar-refractivity contribution is -0.133. The van der Waals surface area contributed by atoms with E-state index >= 15 is 0 Å². The van der Waals surface area contributed by atoms with Crippen LogP contribution in [0.25, 0.3) is 27.5 Å². The summed E-state index contributed by atoms with van der Waals surface area (Å²) in [6, 6.07) is 10.00. The Morgan fingerprint density at radius 1 is 1.19 bits per heavy atom. The van der Waals surface area contributed by atoms with Crippen LogP contribution in [0.4, 0.5) is 13.2 Å². The van der Waals surface area contributed by atoms with Crippen LogP contribution in [0.5, 0.6) is 0 Å². The molecule has 1 atom stereocenters. The number of thiophene rings is 1. The van der Waals surface area contributed by atoms with Crippen molar-refractivity contribution in [2.24, 2.45) is 5.92 Å². The Morgan fingerprint density at radius 3 is 2.61 bits per heavy atom. The molecule has 1 aliphatic carbocycles. The fourth-order valence-electron chi connectivity index (χ4n) is 3.75. The first-order valence-corrected chi connectivity index (χ1v) is 10.7.